The van der Waals surface area contributed by atoms with E-state index in [4.69, 9.17) is 4.74 Å². The summed E-state index contributed by atoms with van der Waals surface area (Å²) in [6, 6.07) is 8.10. The summed E-state index contributed by atoms with van der Waals surface area (Å²) in [5, 5.41) is 13.6. The minimum Gasteiger partial charge on any atom is -0.385 e. The number of hydrogen-bond donors (Lipinski definition) is 1. The average Bonchev–Trinajstić information content (AvgIpc) is 2.95. The number of nitro groups is 1. The van der Waals surface area contributed by atoms with Crippen LogP contribution in [0.5, 0.6) is 0 Å². The van der Waals surface area contributed by atoms with Gasteiger partial charge in [0.1, 0.15) is 5.70 Å². The van der Waals surface area contributed by atoms with E-state index in [0.29, 0.717) is 13.0 Å². The molecule has 30 heavy (non-hydrogen) atoms. The van der Waals surface area contributed by atoms with Gasteiger partial charge in [-0.3, -0.25) is 24.6 Å². The molecule has 1 aliphatic heterocycles. The van der Waals surface area contributed by atoms with E-state index in [1.165, 1.54) is 37.4 Å². The molecule has 0 saturated carbocycles. The Hall–Kier alpha value is -3.66. The lowest BCUT2D eigenvalue weighted by atomic mass is 10.0. The smallest absolute Gasteiger partial charge is 0.278 e. The number of amides is 2. The Kier molecular flexibility index (Phi) is 6.17. The van der Waals surface area contributed by atoms with Gasteiger partial charge in [-0.2, -0.15) is 0 Å². The van der Waals surface area contributed by atoms with Gasteiger partial charge in [-0.05, 0) is 36.2 Å². The molecule has 1 aliphatic rings. The first-order chi connectivity index (χ1) is 14.3. The van der Waals surface area contributed by atoms with E-state index >= 15 is 0 Å². The molecule has 1 N–H and O–H groups in total. The SMILES string of the molecule is COCCCN1C(=O)C(Nc2ccc(F)c(F)c2)=C(c2ccc([N+](=O)[O-])cc2)C1=O. The predicted octanol–water partition coefficient (Wildman–Crippen LogP) is 3.10. The summed E-state index contributed by atoms with van der Waals surface area (Å²) in [7, 11) is 1.49. The minimum atomic E-state index is -1.12. The van der Waals surface area contributed by atoms with Crippen molar-refractivity contribution in [1.82, 2.24) is 4.90 Å². The normalized spacial score (nSPS) is 13.9. The Labute approximate surface area is 169 Å². The molecule has 156 valence electrons. The number of rotatable bonds is 8. The van der Waals surface area contributed by atoms with E-state index in [2.05, 4.69) is 5.32 Å². The lowest BCUT2D eigenvalue weighted by Crippen LogP contribution is -2.33. The van der Waals surface area contributed by atoms with Crippen LogP contribution in [0.4, 0.5) is 20.2 Å². The maximum absolute atomic E-state index is 13.6. The van der Waals surface area contributed by atoms with E-state index in [1.807, 2.05) is 0 Å². The van der Waals surface area contributed by atoms with Gasteiger partial charge in [0.15, 0.2) is 11.6 Å². The van der Waals surface area contributed by atoms with Crippen LogP contribution in [0.2, 0.25) is 0 Å². The second-order valence-electron chi connectivity index (χ2n) is 6.42. The molecule has 8 nitrogen and oxygen atoms in total. The van der Waals surface area contributed by atoms with Crippen LogP contribution in [-0.2, 0) is 14.3 Å². The van der Waals surface area contributed by atoms with E-state index in [1.54, 1.807) is 0 Å². The first-order valence-electron chi connectivity index (χ1n) is 8.89. The lowest BCUT2D eigenvalue weighted by Gasteiger charge is -2.15. The molecule has 0 unspecified atom stereocenters. The number of nitrogens with zero attached hydrogens (tertiary/aromatic N) is 2. The number of non-ortho nitro benzene ring substituents is 1. The van der Waals surface area contributed by atoms with Gasteiger partial charge < -0.3 is 10.1 Å². The van der Waals surface area contributed by atoms with Crippen molar-refractivity contribution < 1.29 is 28.0 Å². The quantitative estimate of drug-likeness (QED) is 0.307. The summed E-state index contributed by atoms with van der Waals surface area (Å²) in [4.78, 5) is 37.2. The summed E-state index contributed by atoms with van der Waals surface area (Å²) in [6.07, 6.45) is 0.403. The molecule has 1 heterocycles. The molecule has 2 aromatic carbocycles. The fourth-order valence-electron chi connectivity index (χ4n) is 3.00. The Bertz CT molecular complexity index is 1040. The highest BCUT2D eigenvalue weighted by Crippen LogP contribution is 2.31. The zero-order chi connectivity index (χ0) is 21.8. The van der Waals surface area contributed by atoms with Crippen molar-refractivity contribution in [2.24, 2.45) is 0 Å². The van der Waals surface area contributed by atoms with Gasteiger partial charge in [0.05, 0.1) is 10.5 Å². The van der Waals surface area contributed by atoms with Crippen molar-refractivity contribution in [2.75, 3.05) is 25.6 Å². The van der Waals surface area contributed by atoms with Crippen LogP contribution < -0.4 is 5.32 Å². The minimum absolute atomic E-state index is 0.0166. The number of benzene rings is 2. The molecule has 0 aromatic heterocycles. The molecule has 2 aromatic rings. The van der Waals surface area contributed by atoms with Gasteiger partial charge in [0.25, 0.3) is 17.5 Å². The van der Waals surface area contributed by atoms with Crippen molar-refractivity contribution >= 4 is 28.8 Å². The van der Waals surface area contributed by atoms with Crippen LogP contribution in [0.15, 0.2) is 48.2 Å². The highest BCUT2D eigenvalue weighted by Gasteiger charge is 2.39. The van der Waals surface area contributed by atoms with Crippen LogP contribution in [0, 0.1) is 21.7 Å². The Balaban J connectivity index is 2.01. The molecule has 0 radical (unpaired) electrons. The molecule has 0 aliphatic carbocycles. The lowest BCUT2D eigenvalue weighted by molar-refractivity contribution is -0.384. The maximum Gasteiger partial charge on any atom is 0.278 e. The number of nitrogens with one attached hydrogen (secondary N) is 1. The number of nitro benzene ring substituents is 1. The highest BCUT2D eigenvalue weighted by molar-refractivity contribution is 6.36. The largest absolute Gasteiger partial charge is 0.385 e. The third kappa shape index (κ3) is 4.18. The molecule has 0 bridgehead atoms. The fraction of sp³-hybridized carbons (Fsp3) is 0.200. The number of carbonyl (C=O) groups is 2. The number of imide groups is 1. The number of anilines is 1. The van der Waals surface area contributed by atoms with Gasteiger partial charge in [0.2, 0.25) is 0 Å². The molecular formula is C20H17F2N3O5. The Morgan fingerprint density at radius 3 is 2.37 bits per heavy atom. The first-order valence-corrected chi connectivity index (χ1v) is 8.89. The molecule has 0 atom stereocenters. The summed E-state index contributed by atoms with van der Waals surface area (Å²) < 4.78 is 31.7. The van der Waals surface area contributed by atoms with Gasteiger partial charge >= 0.3 is 0 Å². The Morgan fingerprint density at radius 1 is 1.07 bits per heavy atom. The molecule has 0 spiro atoms. The third-order valence-corrected chi connectivity index (χ3v) is 4.45. The van der Waals surface area contributed by atoms with Crippen molar-refractivity contribution in [2.45, 2.75) is 6.42 Å². The molecule has 2 amide bonds. The standard InChI is InChI=1S/C20H17F2N3O5/c1-30-10-2-9-24-19(26)17(12-3-6-14(7-4-12)25(28)29)18(20(24)27)23-13-5-8-15(21)16(22)11-13/h3-8,11,23H,2,9-10H2,1H3. The summed E-state index contributed by atoms with van der Waals surface area (Å²) in [6.45, 7) is 0.417. The van der Waals surface area contributed by atoms with Crippen molar-refractivity contribution in [1.29, 1.82) is 0 Å². The zero-order valence-electron chi connectivity index (χ0n) is 15.9. The van der Waals surface area contributed by atoms with Gasteiger partial charge in [-0.1, -0.05) is 0 Å². The molecule has 0 fully saturated rings. The van der Waals surface area contributed by atoms with Crippen LogP contribution in [-0.4, -0.2) is 41.9 Å². The number of methoxy groups -OCH3 is 1. The zero-order valence-corrected chi connectivity index (χ0v) is 15.9. The monoisotopic (exact) mass is 417 g/mol. The van der Waals surface area contributed by atoms with E-state index < -0.39 is 28.4 Å². The number of ether oxygens (including phenoxy) is 1. The number of carbonyl (C=O) groups excluding carboxylic acids is 2. The van der Waals surface area contributed by atoms with Crippen LogP contribution >= 0.6 is 0 Å². The summed E-state index contributed by atoms with van der Waals surface area (Å²) in [5.74, 6) is -3.42. The van der Waals surface area contributed by atoms with E-state index in [-0.39, 0.29) is 34.8 Å². The highest BCUT2D eigenvalue weighted by atomic mass is 19.2. The predicted molar refractivity (Wildman–Crippen MR) is 103 cm³/mol. The molecular weight excluding hydrogens is 400 g/mol. The van der Waals surface area contributed by atoms with Crippen molar-refractivity contribution in [3.63, 3.8) is 0 Å². The van der Waals surface area contributed by atoms with Crippen LogP contribution in [0.25, 0.3) is 5.57 Å². The van der Waals surface area contributed by atoms with Crippen molar-refractivity contribution in [3.05, 3.63) is 75.5 Å². The third-order valence-electron chi connectivity index (χ3n) is 4.45. The summed E-state index contributed by atoms with van der Waals surface area (Å²) in [5.41, 5.74) is 0.0268. The van der Waals surface area contributed by atoms with E-state index in [9.17, 15) is 28.5 Å². The van der Waals surface area contributed by atoms with Gasteiger partial charge in [0, 0.05) is 44.1 Å². The van der Waals surface area contributed by atoms with Gasteiger partial charge in [-0.25, -0.2) is 8.78 Å². The average molecular weight is 417 g/mol. The molecule has 0 saturated heterocycles. The van der Waals surface area contributed by atoms with Gasteiger partial charge in [-0.15, -0.1) is 0 Å². The maximum atomic E-state index is 13.6. The fourth-order valence-corrected chi connectivity index (χ4v) is 3.00. The second-order valence-corrected chi connectivity index (χ2v) is 6.42. The van der Waals surface area contributed by atoms with Crippen LogP contribution in [0.3, 0.4) is 0 Å². The molecule has 10 heteroatoms. The first kappa shape index (κ1) is 21.1. The molecule has 3 rings (SSSR count). The summed E-state index contributed by atoms with van der Waals surface area (Å²) >= 11 is 0. The number of halogens is 2. The number of hydrogen-bond acceptors (Lipinski definition) is 6. The second kappa shape index (κ2) is 8.78. The topological polar surface area (TPSA) is 102 Å². The van der Waals surface area contributed by atoms with Crippen molar-refractivity contribution in [3.8, 4) is 0 Å². The van der Waals surface area contributed by atoms with E-state index in [0.717, 1.165) is 17.0 Å². The van der Waals surface area contributed by atoms with Crippen LogP contribution in [0.1, 0.15) is 12.0 Å². The Morgan fingerprint density at radius 2 is 1.77 bits per heavy atom.